The van der Waals surface area contributed by atoms with Crippen LogP contribution in [0.1, 0.15) is 26.2 Å². The summed E-state index contributed by atoms with van der Waals surface area (Å²) in [5, 5.41) is 0.783. The largest absolute Gasteiger partial charge is 0.381 e. The van der Waals surface area contributed by atoms with E-state index in [9.17, 15) is 13.2 Å². The molecule has 0 aliphatic carbocycles. The molecule has 0 unspecified atom stereocenters. The van der Waals surface area contributed by atoms with Crippen LogP contribution in [-0.2, 0) is 19.6 Å². The van der Waals surface area contributed by atoms with E-state index in [1.165, 1.54) is 4.31 Å². The van der Waals surface area contributed by atoms with Gasteiger partial charge in [0.2, 0.25) is 15.9 Å². The Morgan fingerprint density at radius 2 is 1.93 bits per heavy atom. The molecule has 1 amide bonds. The van der Waals surface area contributed by atoms with E-state index in [1.807, 2.05) is 24.0 Å². The van der Waals surface area contributed by atoms with E-state index in [0.29, 0.717) is 44.7 Å². The topological polar surface area (TPSA) is 79.8 Å². The van der Waals surface area contributed by atoms with Crippen LogP contribution in [0.3, 0.4) is 0 Å². The van der Waals surface area contributed by atoms with Crippen LogP contribution < -0.4 is 0 Å². The molecule has 8 heteroatoms. The van der Waals surface area contributed by atoms with E-state index in [2.05, 4.69) is 4.98 Å². The number of nitrogens with zero attached hydrogens (tertiary/aromatic N) is 3. The fourth-order valence-electron chi connectivity index (χ4n) is 4.43. The lowest BCUT2D eigenvalue weighted by Gasteiger charge is -2.46. The van der Waals surface area contributed by atoms with Gasteiger partial charge in [-0.1, -0.05) is 18.2 Å². The fraction of sp³-hybridized carbons (Fsp3) is 0.500. The molecule has 1 aromatic carbocycles. The molecular weight excluding hydrogens is 378 g/mol. The van der Waals surface area contributed by atoms with E-state index >= 15 is 0 Å². The quantitative estimate of drug-likeness (QED) is 0.783. The van der Waals surface area contributed by atoms with Gasteiger partial charge in [-0.3, -0.25) is 9.78 Å². The molecule has 3 heterocycles. The highest BCUT2D eigenvalue weighted by molar-refractivity contribution is 7.89. The summed E-state index contributed by atoms with van der Waals surface area (Å²) < 4.78 is 34.2. The zero-order valence-corrected chi connectivity index (χ0v) is 16.8. The summed E-state index contributed by atoms with van der Waals surface area (Å²) in [5.41, 5.74) is -0.0416. The molecule has 28 heavy (non-hydrogen) atoms. The molecule has 2 saturated heterocycles. The number of sulfonamides is 1. The van der Waals surface area contributed by atoms with Gasteiger partial charge in [-0.15, -0.1) is 0 Å². The van der Waals surface area contributed by atoms with Crippen molar-refractivity contribution >= 4 is 26.8 Å². The number of benzene rings is 1. The number of amides is 1. The Morgan fingerprint density at radius 1 is 1.18 bits per heavy atom. The van der Waals surface area contributed by atoms with Crippen molar-refractivity contribution < 1.29 is 17.9 Å². The van der Waals surface area contributed by atoms with Crippen LogP contribution in [0.25, 0.3) is 10.9 Å². The number of hydrogen-bond donors (Lipinski definition) is 0. The van der Waals surface area contributed by atoms with Crippen LogP contribution >= 0.6 is 0 Å². The van der Waals surface area contributed by atoms with Crippen molar-refractivity contribution in [3.05, 3.63) is 36.5 Å². The maximum Gasteiger partial charge on any atom is 0.245 e. The molecule has 2 aromatic rings. The van der Waals surface area contributed by atoms with Gasteiger partial charge in [0, 0.05) is 50.9 Å². The number of aromatic nitrogens is 1. The Balaban J connectivity index is 1.78. The molecule has 0 radical (unpaired) electrons. The number of likely N-dealkylation sites (N-methyl/N-ethyl adjacent to an activating group) is 1. The normalized spacial score (nSPS) is 21.2. The van der Waals surface area contributed by atoms with Crippen molar-refractivity contribution in [1.82, 2.24) is 14.2 Å². The smallest absolute Gasteiger partial charge is 0.245 e. The van der Waals surface area contributed by atoms with Gasteiger partial charge in [-0.05, 0) is 31.9 Å². The monoisotopic (exact) mass is 403 g/mol. The Kier molecular flexibility index (Phi) is 5.11. The van der Waals surface area contributed by atoms with Gasteiger partial charge in [0.05, 0.1) is 11.1 Å². The van der Waals surface area contributed by atoms with Crippen molar-refractivity contribution in [3.63, 3.8) is 0 Å². The number of ether oxygens (including phenoxy) is 1. The minimum atomic E-state index is -3.79. The lowest BCUT2D eigenvalue weighted by atomic mass is 9.88. The summed E-state index contributed by atoms with van der Waals surface area (Å²) >= 11 is 0. The van der Waals surface area contributed by atoms with Gasteiger partial charge in [0.25, 0.3) is 0 Å². The van der Waals surface area contributed by atoms with Crippen LogP contribution in [0.5, 0.6) is 0 Å². The molecule has 0 bridgehead atoms. The zero-order valence-electron chi connectivity index (χ0n) is 16.0. The van der Waals surface area contributed by atoms with Crippen molar-refractivity contribution in [2.45, 2.75) is 36.6 Å². The molecule has 0 N–H and O–H groups in total. The van der Waals surface area contributed by atoms with E-state index in [-0.39, 0.29) is 23.8 Å². The van der Waals surface area contributed by atoms with Crippen LogP contribution in [0.4, 0.5) is 0 Å². The average molecular weight is 404 g/mol. The second-order valence-corrected chi connectivity index (χ2v) is 9.30. The standard InChI is InChI=1S/C20H25N3O4S/c1-2-23-18(24)8-12-22(15-20(23)9-13-27-14-10-20)28(25,26)17-7-3-5-16-6-4-11-21-19(16)17/h3-7,11H,2,8-10,12-15H2,1H3. The third kappa shape index (κ3) is 3.19. The van der Waals surface area contributed by atoms with E-state index < -0.39 is 15.6 Å². The first-order valence-corrected chi connectivity index (χ1v) is 11.1. The summed E-state index contributed by atoms with van der Waals surface area (Å²) in [4.78, 5) is 19.2. The van der Waals surface area contributed by atoms with E-state index in [0.717, 1.165) is 5.39 Å². The van der Waals surface area contributed by atoms with E-state index in [1.54, 1.807) is 24.4 Å². The second kappa shape index (κ2) is 7.42. The van der Waals surface area contributed by atoms with Gasteiger partial charge >= 0.3 is 0 Å². The van der Waals surface area contributed by atoms with Crippen LogP contribution in [-0.4, -0.2) is 66.9 Å². The first-order valence-electron chi connectivity index (χ1n) is 9.70. The van der Waals surface area contributed by atoms with Crippen molar-refractivity contribution in [1.29, 1.82) is 0 Å². The Bertz CT molecular complexity index is 981. The summed E-state index contributed by atoms with van der Waals surface area (Å²) in [7, 11) is -3.79. The summed E-state index contributed by atoms with van der Waals surface area (Å²) in [5.74, 6) is 0.0122. The van der Waals surface area contributed by atoms with Crippen molar-refractivity contribution in [2.75, 3.05) is 32.8 Å². The molecule has 1 aromatic heterocycles. The van der Waals surface area contributed by atoms with E-state index in [4.69, 9.17) is 4.74 Å². The molecule has 7 nitrogen and oxygen atoms in total. The SMILES string of the molecule is CCN1C(=O)CCN(S(=O)(=O)c2cccc3cccnc23)CC12CCOCC2. The second-order valence-electron chi connectivity index (χ2n) is 7.39. The predicted molar refractivity (Wildman–Crippen MR) is 105 cm³/mol. The first-order chi connectivity index (χ1) is 13.5. The molecule has 1 spiro atoms. The number of hydrogen-bond acceptors (Lipinski definition) is 5. The number of carbonyl (C=O) groups is 1. The first kappa shape index (κ1) is 19.3. The Morgan fingerprint density at radius 3 is 2.68 bits per heavy atom. The van der Waals surface area contributed by atoms with Crippen LogP contribution in [0, 0.1) is 0 Å². The van der Waals surface area contributed by atoms with Crippen LogP contribution in [0.2, 0.25) is 0 Å². The third-order valence-corrected chi connectivity index (χ3v) is 7.75. The fourth-order valence-corrected chi connectivity index (χ4v) is 6.12. The average Bonchev–Trinajstić information content (AvgIpc) is 2.84. The number of pyridine rings is 1. The summed E-state index contributed by atoms with van der Waals surface area (Å²) in [6.45, 7) is 4.07. The molecule has 2 fully saturated rings. The number of fused-ring (bicyclic) bond motifs is 1. The number of carbonyl (C=O) groups excluding carboxylic acids is 1. The third-order valence-electron chi connectivity index (χ3n) is 5.87. The number of rotatable bonds is 3. The van der Waals surface area contributed by atoms with Gasteiger partial charge in [0.1, 0.15) is 4.90 Å². The molecule has 0 atom stereocenters. The maximum atomic E-state index is 13.6. The lowest BCUT2D eigenvalue weighted by Crippen LogP contribution is -2.58. The van der Waals surface area contributed by atoms with Gasteiger partial charge in [-0.25, -0.2) is 8.42 Å². The minimum absolute atomic E-state index is 0.0122. The lowest BCUT2D eigenvalue weighted by molar-refractivity contribution is -0.139. The van der Waals surface area contributed by atoms with Gasteiger partial charge in [-0.2, -0.15) is 4.31 Å². The highest BCUT2D eigenvalue weighted by Crippen LogP contribution is 2.34. The molecule has 2 aliphatic heterocycles. The number of para-hydroxylation sites is 1. The Hall–Kier alpha value is -2.03. The zero-order chi connectivity index (χ0) is 19.8. The Labute approximate surface area is 165 Å². The molecule has 4 rings (SSSR count). The van der Waals surface area contributed by atoms with Crippen LogP contribution in [0.15, 0.2) is 41.4 Å². The van der Waals surface area contributed by atoms with Gasteiger partial charge < -0.3 is 9.64 Å². The maximum absolute atomic E-state index is 13.6. The van der Waals surface area contributed by atoms with Gasteiger partial charge in [0.15, 0.2) is 0 Å². The van der Waals surface area contributed by atoms with Crippen molar-refractivity contribution in [3.8, 4) is 0 Å². The minimum Gasteiger partial charge on any atom is -0.381 e. The molecule has 2 aliphatic rings. The summed E-state index contributed by atoms with van der Waals surface area (Å²) in [6.07, 6.45) is 3.08. The summed E-state index contributed by atoms with van der Waals surface area (Å²) in [6, 6.07) is 8.84. The highest BCUT2D eigenvalue weighted by Gasteiger charge is 2.46. The molecule has 150 valence electrons. The highest BCUT2D eigenvalue weighted by atomic mass is 32.2. The molecule has 0 saturated carbocycles. The van der Waals surface area contributed by atoms with Crippen molar-refractivity contribution in [2.24, 2.45) is 0 Å². The molecular formula is C20H25N3O4S. The predicted octanol–water partition coefficient (Wildman–Crippen LogP) is 2.03.